The minimum Gasteiger partial charge on any atom is -0.325 e. The quantitative estimate of drug-likeness (QED) is 0.886. The van der Waals surface area contributed by atoms with Gasteiger partial charge < -0.3 is 5.73 Å². The van der Waals surface area contributed by atoms with E-state index in [0.29, 0.717) is 6.54 Å². The van der Waals surface area contributed by atoms with Gasteiger partial charge in [-0.1, -0.05) is 0 Å². The second-order valence-electron chi connectivity index (χ2n) is 5.31. The van der Waals surface area contributed by atoms with Gasteiger partial charge in [0.15, 0.2) is 0 Å². The molecule has 0 saturated carbocycles. The highest BCUT2D eigenvalue weighted by molar-refractivity contribution is 5.60. The monoisotopic (exact) mass is 247 g/mol. The van der Waals surface area contributed by atoms with Crippen LogP contribution in [0.1, 0.15) is 26.5 Å². The molecule has 0 aliphatic carbocycles. The van der Waals surface area contributed by atoms with Gasteiger partial charge in [0.1, 0.15) is 5.82 Å². The molecule has 0 atom stereocenters. The molecule has 0 saturated heterocycles. The number of nitrogens with two attached hydrogens (primary N) is 1. The van der Waals surface area contributed by atoms with Gasteiger partial charge in [0.25, 0.3) is 0 Å². The molecule has 1 aromatic carbocycles. The van der Waals surface area contributed by atoms with Crippen molar-refractivity contribution in [1.82, 2.24) is 9.78 Å². The number of rotatable bonds is 2. The Morgan fingerprint density at radius 2 is 1.83 bits per heavy atom. The van der Waals surface area contributed by atoms with E-state index in [9.17, 15) is 4.39 Å². The molecular formula is C14H18FN3. The van der Waals surface area contributed by atoms with Gasteiger partial charge in [0, 0.05) is 12.1 Å². The Labute approximate surface area is 106 Å². The van der Waals surface area contributed by atoms with Crippen molar-refractivity contribution in [3.63, 3.8) is 0 Å². The number of nitrogens with zero attached hydrogens (tertiary/aromatic N) is 2. The zero-order valence-electron chi connectivity index (χ0n) is 10.9. The SMILES string of the molecule is CC(C)(C)n1nc(CN)cc1-c1ccc(F)cc1. The van der Waals surface area contributed by atoms with Gasteiger partial charge in [-0.05, 0) is 51.1 Å². The summed E-state index contributed by atoms with van der Waals surface area (Å²) in [4.78, 5) is 0. The Balaban J connectivity index is 2.55. The van der Waals surface area contributed by atoms with E-state index >= 15 is 0 Å². The highest BCUT2D eigenvalue weighted by atomic mass is 19.1. The first kappa shape index (κ1) is 12.8. The van der Waals surface area contributed by atoms with Crippen molar-refractivity contribution in [1.29, 1.82) is 0 Å². The zero-order chi connectivity index (χ0) is 13.3. The van der Waals surface area contributed by atoms with Crippen molar-refractivity contribution in [2.45, 2.75) is 32.9 Å². The van der Waals surface area contributed by atoms with Gasteiger partial charge in [0.2, 0.25) is 0 Å². The van der Waals surface area contributed by atoms with Gasteiger partial charge >= 0.3 is 0 Å². The van der Waals surface area contributed by atoms with Crippen LogP contribution in [0.25, 0.3) is 11.3 Å². The van der Waals surface area contributed by atoms with Crippen molar-refractivity contribution in [2.24, 2.45) is 5.73 Å². The van der Waals surface area contributed by atoms with E-state index in [1.807, 2.05) is 10.7 Å². The summed E-state index contributed by atoms with van der Waals surface area (Å²) in [6.45, 7) is 6.63. The summed E-state index contributed by atoms with van der Waals surface area (Å²) in [7, 11) is 0. The molecule has 0 amide bonds. The van der Waals surface area contributed by atoms with Crippen molar-refractivity contribution in [3.8, 4) is 11.3 Å². The highest BCUT2D eigenvalue weighted by Gasteiger charge is 2.20. The van der Waals surface area contributed by atoms with Crippen molar-refractivity contribution < 1.29 is 4.39 Å². The van der Waals surface area contributed by atoms with Crippen LogP contribution in [0.4, 0.5) is 4.39 Å². The first-order chi connectivity index (χ1) is 8.41. The van der Waals surface area contributed by atoms with Crippen LogP contribution < -0.4 is 5.73 Å². The highest BCUT2D eigenvalue weighted by Crippen LogP contribution is 2.26. The Hall–Kier alpha value is -1.68. The lowest BCUT2D eigenvalue weighted by molar-refractivity contribution is 0.357. The maximum Gasteiger partial charge on any atom is 0.123 e. The normalized spacial score (nSPS) is 11.8. The maximum absolute atomic E-state index is 13.0. The molecule has 1 aromatic heterocycles. The predicted octanol–water partition coefficient (Wildman–Crippen LogP) is 2.90. The Bertz CT molecular complexity index is 535. The third kappa shape index (κ3) is 2.43. The van der Waals surface area contributed by atoms with Gasteiger partial charge in [-0.3, -0.25) is 4.68 Å². The molecule has 2 N–H and O–H groups in total. The summed E-state index contributed by atoms with van der Waals surface area (Å²) in [5, 5.41) is 4.50. The van der Waals surface area contributed by atoms with E-state index in [-0.39, 0.29) is 11.4 Å². The second kappa shape index (κ2) is 4.53. The van der Waals surface area contributed by atoms with Gasteiger partial charge in [-0.15, -0.1) is 0 Å². The largest absolute Gasteiger partial charge is 0.325 e. The number of benzene rings is 1. The molecule has 0 aliphatic rings. The number of hydrogen-bond donors (Lipinski definition) is 1. The van der Waals surface area contributed by atoms with Crippen LogP contribution in [0.3, 0.4) is 0 Å². The van der Waals surface area contributed by atoms with E-state index in [0.717, 1.165) is 17.0 Å². The lowest BCUT2D eigenvalue weighted by Gasteiger charge is -2.22. The second-order valence-corrected chi connectivity index (χ2v) is 5.31. The lowest BCUT2D eigenvalue weighted by atomic mass is 10.1. The number of hydrogen-bond acceptors (Lipinski definition) is 2. The summed E-state index contributed by atoms with van der Waals surface area (Å²) >= 11 is 0. The van der Waals surface area contributed by atoms with Crippen LogP contribution in [0, 0.1) is 5.82 Å². The van der Waals surface area contributed by atoms with Gasteiger partial charge in [0.05, 0.1) is 16.9 Å². The van der Waals surface area contributed by atoms with Crippen molar-refractivity contribution in [2.75, 3.05) is 0 Å². The average Bonchev–Trinajstić information content (AvgIpc) is 2.74. The summed E-state index contributed by atoms with van der Waals surface area (Å²) in [6, 6.07) is 8.39. The molecule has 0 unspecified atom stereocenters. The standard InChI is InChI=1S/C14H18FN3/c1-14(2,3)18-13(8-12(9-16)17-18)10-4-6-11(15)7-5-10/h4-8H,9,16H2,1-3H3. The fraction of sp³-hybridized carbons (Fsp3) is 0.357. The smallest absolute Gasteiger partial charge is 0.123 e. The molecule has 0 radical (unpaired) electrons. The molecular weight excluding hydrogens is 229 g/mol. The summed E-state index contributed by atoms with van der Waals surface area (Å²) in [6.07, 6.45) is 0. The predicted molar refractivity (Wildman–Crippen MR) is 70.5 cm³/mol. The zero-order valence-corrected chi connectivity index (χ0v) is 10.9. The van der Waals surface area contributed by atoms with E-state index in [1.165, 1.54) is 12.1 Å². The molecule has 0 bridgehead atoms. The van der Waals surface area contributed by atoms with E-state index < -0.39 is 0 Å². The summed E-state index contributed by atoms with van der Waals surface area (Å²) in [5.74, 6) is -0.236. The summed E-state index contributed by atoms with van der Waals surface area (Å²) in [5.41, 5.74) is 8.24. The fourth-order valence-electron chi connectivity index (χ4n) is 1.87. The van der Waals surface area contributed by atoms with Gasteiger partial charge in [-0.2, -0.15) is 5.10 Å². The minimum absolute atomic E-state index is 0.142. The molecule has 2 rings (SSSR count). The fourth-order valence-corrected chi connectivity index (χ4v) is 1.87. The molecule has 0 fully saturated rings. The average molecular weight is 247 g/mol. The Morgan fingerprint density at radius 3 is 2.33 bits per heavy atom. The Kier molecular flexibility index (Phi) is 3.22. The molecule has 0 spiro atoms. The molecule has 4 heteroatoms. The van der Waals surface area contributed by atoms with Crippen LogP contribution in [0.2, 0.25) is 0 Å². The minimum atomic E-state index is -0.236. The number of aromatic nitrogens is 2. The molecule has 1 heterocycles. The van der Waals surface area contributed by atoms with Crippen LogP contribution in [-0.2, 0) is 12.1 Å². The van der Waals surface area contributed by atoms with Crippen LogP contribution in [0.5, 0.6) is 0 Å². The molecule has 96 valence electrons. The number of halogens is 1. The molecule has 2 aromatic rings. The first-order valence-corrected chi connectivity index (χ1v) is 5.97. The molecule has 18 heavy (non-hydrogen) atoms. The molecule has 3 nitrogen and oxygen atoms in total. The first-order valence-electron chi connectivity index (χ1n) is 5.97. The van der Waals surface area contributed by atoms with Crippen molar-refractivity contribution >= 4 is 0 Å². The van der Waals surface area contributed by atoms with E-state index in [1.54, 1.807) is 12.1 Å². The lowest BCUT2D eigenvalue weighted by Crippen LogP contribution is -2.24. The van der Waals surface area contributed by atoms with Crippen LogP contribution in [0.15, 0.2) is 30.3 Å². The summed E-state index contributed by atoms with van der Waals surface area (Å²) < 4.78 is 14.9. The Morgan fingerprint density at radius 1 is 1.22 bits per heavy atom. The van der Waals surface area contributed by atoms with Crippen LogP contribution >= 0.6 is 0 Å². The topological polar surface area (TPSA) is 43.8 Å². The van der Waals surface area contributed by atoms with Gasteiger partial charge in [-0.25, -0.2) is 4.39 Å². The third-order valence-electron chi connectivity index (χ3n) is 2.74. The van der Waals surface area contributed by atoms with E-state index in [2.05, 4.69) is 25.9 Å². The van der Waals surface area contributed by atoms with Crippen molar-refractivity contribution in [3.05, 3.63) is 41.8 Å². The molecule has 0 aliphatic heterocycles. The maximum atomic E-state index is 13.0. The van der Waals surface area contributed by atoms with Crippen LogP contribution in [-0.4, -0.2) is 9.78 Å². The third-order valence-corrected chi connectivity index (χ3v) is 2.74. The van der Waals surface area contributed by atoms with E-state index in [4.69, 9.17) is 5.73 Å².